The van der Waals surface area contributed by atoms with Crippen LogP contribution in [-0.2, 0) is 4.79 Å². The molecule has 0 saturated carbocycles. The number of amides is 1. The van der Waals surface area contributed by atoms with Crippen LogP contribution < -0.4 is 5.32 Å². The van der Waals surface area contributed by atoms with Gasteiger partial charge in [0.05, 0.1) is 5.69 Å². The van der Waals surface area contributed by atoms with Gasteiger partial charge < -0.3 is 5.32 Å². The minimum atomic E-state index is -0.775. The van der Waals surface area contributed by atoms with E-state index in [1.165, 1.54) is 6.20 Å². The van der Waals surface area contributed by atoms with Crippen LogP contribution in [0.1, 0.15) is 24.6 Å². The highest BCUT2D eigenvalue weighted by atomic mass is 16.6. The molecule has 0 aliphatic carbocycles. The van der Waals surface area contributed by atoms with Crippen LogP contribution in [0.5, 0.6) is 0 Å². The Morgan fingerprint density at radius 2 is 2.40 bits per heavy atom. The number of aromatic amines is 1. The number of hydrogen-bond donors (Lipinski definition) is 2. The molecule has 1 aliphatic heterocycles. The van der Waals surface area contributed by atoms with Crippen molar-refractivity contribution in [3.8, 4) is 0 Å². The topological polar surface area (TPSA) is 101 Å². The van der Waals surface area contributed by atoms with Crippen LogP contribution in [0.2, 0.25) is 0 Å². The van der Waals surface area contributed by atoms with Crippen molar-refractivity contribution in [2.75, 3.05) is 0 Å². The Bertz CT molecular complexity index is 375. The van der Waals surface area contributed by atoms with Gasteiger partial charge in [-0.25, -0.2) is 0 Å². The normalized spacial score (nSPS) is 26.0. The molecule has 1 fully saturated rings. The lowest BCUT2D eigenvalue weighted by atomic mass is 9.96. The van der Waals surface area contributed by atoms with E-state index in [4.69, 9.17) is 0 Å². The van der Waals surface area contributed by atoms with E-state index in [0.29, 0.717) is 5.69 Å². The molecule has 0 aromatic carbocycles. The summed E-state index contributed by atoms with van der Waals surface area (Å²) in [6.45, 7) is 0. The summed E-state index contributed by atoms with van der Waals surface area (Å²) < 4.78 is 0. The van der Waals surface area contributed by atoms with Gasteiger partial charge in [-0.15, -0.1) is 0 Å². The fourth-order valence-electron chi connectivity index (χ4n) is 1.74. The maximum absolute atomic E-state index is 11.2. The molecule has 7 nitrogen and oxygen atoms in total. The highest BCUT2D eigenvalue weighted by Crippen LogP contribution is 2.24. The molecule has 1 aromatic heterocycles. The molecule has 1 amide bonds. The van der Waals surface area contributed by atoms with Crippen molar-refractivity contribution in [2.24, 2.45) is 0 Å². The van der Waals surface area contributed by atoms with E-state index in [9.17, 15) is 14.9 Å². The molecule has 1 aliphatic rings. The summed E-state index contributed by atoms with van der Waals surface area (Å²) in [4.78, 5) is 21.6. The van der Waals surface area contributed by atoms with E-state index in [-0.39, 0.29) is 23.7 Å². The monoisotopic (exact) mass is 210 g/mol. The van der Waals surface area contributed by atoms with Crippen molar-refractivity contribution in [1.82, 2.24) is 15.5 Å². The van der Waals surface area contributed by atoms with E-state index in [2.05, 4.69) is 15.5 Å². The summed E-state index contributed by atoms with van der Waals surface area (Å²) in [7, 11) is 0. The standard InChI is InChI=1S/C8H10N4O3/c13-7-2-1-6(12(14)15)8(10-7)5-3-4-9-11-5/h3-4,6,8H,1-2H2,(H,9,11)(H,10,13)/t6-,8-/m1/s1. The van der Waals surface area contributed by atoms with E-state index in [1.54, 1.807) is 6.07 Å². The molecule has 2 N–H and O–H groups in total. The molecule has 1 saturated heterocycles. The quantitative estimate of drug-likeness (QED) is 0.530. The zero-order valence-corrected chi connectivity index (χ0v) is 7.84. The predicted octanol–water partition coefficient (Wildman–Crippen LogP) is 0.00610. The molecule has 7 heteroatoms. The van der Waals surface area contributed by atoms with Crippen LogP contribution in [0.15, 0.2) is 12.3 Å². The molecule has 15 heavy (non-hydrogen) atoms. The van der Waals surface area contributed by atoms with Gasteiger partial charge in [-0.1, -0.05) is 0 Å². The second-order valence-corrected chi connectivity index (χ2v) is 3.45. The number of carbonyl (C=O) groups is 1. The van der Waals surface area contributed by atoms with Gasteiger partial charge in [0.1, 0.15) is 6.04 Å². The van der Waals surface area contributed by atoms with Crippen LogP contribution in [0.25, 0.3) is 0 Å². The van der Waals surface area contributed by atoms with E-state index in [0.717, 1.165) is 0 Å². The Hall–Kier alpha value is -1.92. The largest absolute Gasteiger partial charge is 0.341 e. The smallest absolute Gasteiger partial charge is 0.239 e. The molecule has 80 valence electrons. The molecule has 2 atom stereocenters. The zero-order valence-electron chi connectivity index (χ0n) is 7.84. The summed E-state index contributed by atoms with van der Waals surface area (Å²) in [5, 5.41) is 19.7. The lowest BCUT2D eigenvalue weighted by molar-refractivity contribution is -0.529. The van der Waals surface area contributed by atoms with Crippen molar-refractivity contribution in [3.63, 3.8) is 0 Å². The number of rotatable bonds is 2. The van der Waals surface area contributed by atoms with Crippen LogP contribution in [0.3, 0.4) is 0 Å². The molecular weight excluding hydrogens is 200 g/mol. The maximum Gasteiger partial charge on any atom is 0.239 e. The predicted molar refractivity (Wildman–Crippen MR) is 49.5 cm³/mol. The number of hydrogen-bond acceptors (Lipinski definition) is 4. The average molecular weight is 210 g/mol. The third-order valence-electron chi connectivity index (χ3n) is 2.50. The van der Waals surface area contributed by atoms with Crippen LogP contribution in [-0.4, -0.2) is 27.1 Å². The number of nitrogens with zero attached hydrogens (tertiary/aromatic N) is 2. The summed E-state index contributed by atoms with van der Waals surface area (Å²) in [6, 6.07) is 0.263. The van der Waals surface area contributed by atoms with E-state index in [1.807, 2.05) is 0 Å². The fraction of sp³-hybridized carbons (Fsp3) is 0.500. The number of aromatic nitrogens is 2. The average Bonchev–Trinajstić information content (AvgIpc) is 2.69. The van der Waals surface area contributed by atoms with Gasteiger partial charge in [-0.3, -0.25) is 20.0 Å². The van der Waals surface area contributed by atoms with Crippen molar-refractivity contribution in [1.29, 1.82) is 0 Å². The molecule has 2 rings (SSSR count). The Labute approximate surface area is 85.0 Å². The number of nitrogens with one attached hydrogen (secondary N) is 2. The van der Waals surface area contributed by atoms with Crippen LogP contribution >= 0.6 is 0 Å². The molecule has 1 aromatic rings. The zero-order chi connectivity index (χ0) is 10.8. The fourth-order valence-corrected chi connectivity index (χ4v) is 1.74. The van der Waals surface area contributed by atoms with Gasteiger partial charge in [-0.2, -0.15) is 5.10 Å². The summed E-state index contributed by atoms with van der Waals surface area (Å²) in [6.07, 6.45) is 1.98. The van der Waals surface area contributed by atoms with Crippen LogP contribution in [0, 0.1) is 10.1 Å². The molecule has 0 radical (unpaired) electrons. The summed E-state index contributed by atoms with van der Waals surface area (Å²) in [5.41, 5.74) is 0.574. The lowest BCUT2D eigenvalue weighted by Gasteiger charge is -2.25. The first kappa shape index (κ1) is 9.63. The Morgan fingerprint density at radius 3 is 3.00 bits per heavy atom. The Morgan fingerprint density at radius 1 is 1.60 bits per heavy atom. The first-order chi connectivity index (χ1) is 7.18. The maximum atomic E-state index is 11.2. The molecule has 0 unspecified atom stereocenters. The van der Waals surface area contributed by atoms with Gasteiger partial charge in [0, 0.05) is 24.0 Å². The molecule has 2 heterocycles. The third kappa shape index (κ3) is 1.80. The number of carbonyl (C=O) groups excluding carboxylic acids is 1. The van der Waals surface area contributed by atoms with Gasteiger partial charge in [0.2, 0.25) is 11.9 Å². The Kier molecular flexibility index (Phi) is 2.36. The summed E-state index contributed by atoms with van der Waals surface area (Å²) >= 11 is 0. The lowest BCUT2D eigenvalue weighted by Crippen LogP contribution is -2.45. The SMILES string of the molecule is O=C1CC[C@@H]([N+](=O)[O-])[C@@H](c2ccn[nH]2)N1. The van der Waals surface area contributed by atoms with Gasteiger partial charge >= 0.3 is 0 Å². The molecular formula is C8H10N4O3. The number of nitro groups is 1. The van der Waals surface area contributed by atoms with Gasteiger partial charge in [-0.05, 0) is 6.07 Å². The second-order valence-electron chi connectivity index (χ2n) is 3.45. The highest BCUT2D eigenvalue weighted by molar-refractivity contribution is 5.77. The molecule has 0 bridgehead atoms. The van der Waals surface area contributed by atoms with Crippen molar-refractivity contribution in [2.45, 2.75) is 24.9 Å². The second kappa shape index (κ2) is 3.68. The summed E-state index contributed by atoms with van der Waals surface area (Å²) in [5.74, 6) is -0.160. The van der Waals surface area contributed by atoms with Crippen molar-refractivity contribution >= 4 is 5.91 Å². The van der Waals surface area contributed by atoms with Crippen molar-refractivity contribution < 1.29 is 9.72 Å². The molecule has 0 spiro atoms. The minimum absolute atomic E-state index is 0.160. The number of piperidine rings is 1. The Balaban J connectivity index is 2.24. The number of H-pyrrole nitrogens is 1. The van der Waals surface area contributed by atoms with Crippen LogP contribution in [0.4, 0.5) is 0 Å². The minimum Gasteiger partial charge on any atom is -0.341 e. The first-order valence-electron chi connectivity index (χ1n) is 4.60. The van der Waals surface area contributed by atoms with Gasteiger partial charge in [0.15, 0.2) is 0 Å². The van der Waals surface area contributed by atoms with Gasteiger partial charge in [0.25, 0.3) is 0 Å². The highest BCUT2D eigenvalue weighted by Gasteiger charge is 2.38. The van der Waals surface area contributed by atoms with E-state index >= 15 is 0 Å². The van der Waals surface area contributed by atoms with Crippen molar-refractivity contribution in [3.05, 3.63) is 28.1 Å². The third-order valence-corrected chi connectivity index (χ3v) is 2.50. The first-order valence-corrected chi connectivity index (χ1v) is 4.60. The van der Waals surface area contributed by atoms with E-state index < -0.39 is 12.1 Å².